The molecule has 0 bridgehead atoms. The maximum Gasteiger partial charge on any atom is 0.269 e. The predicted molar refractivity (Wildman–Crippen MR) is 291 cm³/mol. The number of rotatable bonds is 39. The molecule has 0 saturated carbocycles. The van der Waals surface area contributed by atoms with Gasteiger partial charge in [0.1, 0.15) is 41.6 Å². The molecule has 0 aromatic carbocycles. The SMILES string of the molecule is N=C(N)NCC/C=C(\NC(=O)[C@H](CCCCN)NC(=O)[C@H](Cc1cnc[nH]1)NC(=O)[C@@H]1CCCN1C(=O)/C(CCCN)=N/C(=O)CNC(=O)[C@H](NC(=O)C[C@@H](O)CN)[C@H](O)CN)C(=O)N[C@@H](CCCCN)C(=O)NCCCCN. The lowest BCUT2D eigenvalue weighted by atomic mass is 10.1. The highest BCUT2D eigenvalue weighted by Gasteiger charge is 2.39. The van der Waals surface area contributed by atoms with Crippen LogP contribution in [0, 0.1) is 5.41 Å². The molecule has 26 N–H and O–H groups in total. The lowest BCUT2D eigenvalue weighted by molar-refractivity contribution is -0.136. The van der Waals surface area contributed by atoms with Gasteiger partial charge in [-0.3, -0.25) is 48.6 Å². The first-order chi connectivity index (χ1) is 37.8. The molecule has 1 saturated heterocycles. The second kappa shape index (κ2) is 38.5. The summed E-state index contributed by atoms with van der Waals surface area (Å²) in [4.78, 5) is 135. The number of nitrogens with zero attached hydrogens (tertiary/aromatic N) is 3. The van der Waals surface area contributed by atoms with E-state index >= 15 is 0 Å². The summed E-state index contributed by atoms with van der Waals surface area (Å²) in [5, 5.41) is 48.3. The average Bonchev–Trinajstić information content (AvgIpc) is 4.17. The smallest absolute Gasteiger partial charge is 0.269 e. The van der Waals surface area contributed by atoms with Crippen LogP contribution >= 0.6 is 0 Å². The van der Waals surface area contributed by atoms with E-state index in [1.807, 2.05) is 0 Å². The molecule has 0 radical (unpaired) electrons. The molecule has 31 nitrogen and oxygen atoms in total. The first-order valence-electron chi connectivity index (χ1n) is 26.6. The van der Waals surface area contributed by atoms with Crippen molar-refractivity contribution in [2.45, 2.75) is 139 Å². The largest absolute Gasteiger partial charge is 0.391 e. The molecule has 79 heavy (non-hydrogen) atoms. The highest BCUT2D eigenvalue weighted by Crippen LogP contribution is 2.20. The second-order valence-corrected chi connectivity index (χ2v) is 18.7. The minimum Gasteiger partial charge on any atom is -0.391 e. The van der Waals surface area contributed by atoms with Gasteiger partial charge < -0.3 is 103 Å². The zero-order valence-electron chi connectivity index (χ0n) is 44.9. The number of carbonyl (C=O) groups excluding carboxylic acids is 9. The quantitative estimate of drug-likeness (QED) is 0.0126. The predicted octanol–water partition coefficient (Wildman–Crippen LogP) is -7.28. The number of guanidine groups is 1. The zero-order valence-corrected chi connectivity index (χ0v) is 44.9. The molecule has 7 atom stereocenters. The Kier molecular flexibility index (Phi) is 33.2. The molecule has 0 spiro atoms. The van der Waals surface area contributed by atoms with Gasteiger partial charge in [0.05, 0.1) is 31.5 Å². The second-order valence-electron chi connectivity index (χ2n) is 18.7. The Hall–Kier alpha value is -7.00. The van der Waals surface area contributed by atoms with Gasteiger partial charge in [0.2, 0.25) is 35.4 Å². The summed E-state index contributed by atoms with van der Waals surface area (Å²) < 4.78 is 0. The van der Waals surface area contributed by atoms with E-state index in [0.29, 0.717) is 70.3 Å². The number of aliphatic hydroxyl groups excluding tert-OH is 2. The lowest BCUT2D eigenvalue weighted by Crippen LogP contribution is -2.57. The van der Waals surface area contributed by atoms with Crippen LogP contribution in [0.4, 0.5) is 0 Å². The number of carbonyl (C=O) groups is 9. The molecular formula is C48H86N20O11. The van der Waals surface area contributed by atoms with Crippen LogP contribution in [0.2, 0.25) is 0 Å². The molecule has 2 rings (SSSR count). The van der Waals surface area contributed by atoms with Gasteiger partial charge >= 0.3 is 0 Å². The number of amides is 9. The molecular weight excluding hydrogens is 1030 g/mol. The van der Waals surface area contributed by atoms with Gasteiger partial charge in [-0.25, -0.2) is 9.98 Å². The third-order valence-electron chi connectivity index (χ3n) is 12.3. The fourth-order valence-corrected chi connectivity index (χ4v) is 7.97. The van der Waals surface area contributed by atoms with Crippen molar-refractivity contribution in [2.75, 3.05) is 65.4 Å². The number of hydrogen-bond donors (Lipinski definition) is 19. The lowest BCUT2D eigenvalue weighted by Gasteiger charge is -2.28. The summed E-state index contributed by atoms with van der Waals surface area (Å²) in [5.74, 6) is -7.67. The van der Waals surface area contributed by atoms with Gasteiger partial charge in [-0.2, -0.15) is 0 Å². The fraction of sp³-hybridized carbons (Fsp3) is 0.667. The molecule has 1 aliphatic rings. The minimum absolute atomic E-state index is 0.0263. The minimum atomic E-state index is -1.63. The van der Waals surface area contributed by atoms with E-state index in [0.717, 1.165) is 0 Å². The number of imidazole rings is 1. The van der Waals surface area contributed by atoms with Crippen molar-refractivity contribution in [3.05, 3.63) is 30.0 Å². The van der Waals surface area contributed by atoms with Crippen LogP contribution < -0.4 is 82.7 Å². The van der Waals surface area contributed by atoms with Crippen molar-refractivity contribution >= 4 is 64.8 Å². The monoisotopic (exact) mass is 1120 g/mol. The molecule has 1 aromatic rings. The molecule has 31 heteroatoms. The van der Waals surface area contributed by atoms with Crippen molar-refractivity contribution in [3.63, 3.8) is 0 Å². The van der Waals surface area contributed by atoms with E-state index in [2.05, 4.69) is 57.5 Å². The number of likely N-dealkylation sites (tertiary alicyclic amines) is 1. The Morgan fingerprint density at radius 3 is 2.03 bits per heavy atom. The molecule has 9 amide bonds. The van der Waals surface area contributed by atoms with Gasteiger partial charge in [-0.1, -0.05) is 6.08 Å². The van der Waals surface area contributed by atoms with E-state index in [4.69, 9.17) is 45.5 Å². The molecule has 1 fully saturated rings. The molecule has 0 unspecified atom stereocenters. The number of unbranched alkanes of at least 4 members (excludes halogenated alkanes) is 3. The first kappa shape index (κ1) is 68.1. The van der Waals surface area contributed by atoms with E-state index in [9.17, 15) is 53.4 Å². The Bertz CT molecular complexity index is 2180. The highest BCUT2D eigenvalue weighted by molar-refractivity contribution is 6.40. The Morgan fingerprint density at radius 1 is 0.759 bits per heavy atom. The third kappa shape index (κ3) is 26.0. The van der Waals surface area contributed by atoms with Crippen LogP contribution in [0.25, 0.3) is 0 Å². The Balaban J connectivity index is 2.42. The van der Waals surface area contributed by atoms with E-state index in [1.54, 1.807) is 0 Å². The topological polar surface area (TPSA) is 541 Å². The number of aromatic nitrogens is 2. The van der Waals surface area contributed by atoms with Gasteiger partial charge in [0, 0.05) is 51.0 Å². The molecule has 1 aliphatic heterocycles. The molecule has 1 aromatic heterocycles. The fourth-order valence-electron chi connectivity index (χ4n) is 7.97. The van der Waals surface area contributed by atoms with E-state index in [-0.39, 0.29) is 95.0 Å². The summed E-state index contributed by atoms with van der Waals surface area (Å²) in [6.07, 6.45) is 4.73. The Morgan fingerprint density at radius 2 is 1.42 bits per heavy atom. The van der Waals surface area contributed by atoms with Crippen molar-refractivity contribution in [1.82, 2.24) is 57.4 Å². The van der Waals surface area contributed by atoms with Gasteiger partial charge in [0.15, 0.2) is 5.96 Å². The van der Waals surface area contributed by atoms with Crippen LogP contribution in [-0.4, -0.2) is 198 Å². The number of aliphatic imine (C=N–C) groups is 1. The maximum atomic E-state index is 14.4. The summed E-state index contributed by atoms with van der Waals surface area (Å²) >= 11 is 0. The van der Waals surface area contributed by atoms with Crippen molar-refractivity contribution in [3.8, 4) is 0 Å². The van der Waals surface area contributed by atoms with Gasteiger partial charge in [0.25, 0.3) is 17.7 Å². The normalized spacial score (nSPS) is 15.8. The van der Waals surface area contributed by atoms with Crippen LogP contribution in [0.15, 0.2) is 29.3 Å². The van der Waals surface area contributed by atoms with Gasteiger partial charge in [-0.15, -0.1) is 0 Å². The zero-order chi connectivity index (χ0) is 58.7. The number of hydrogen-bond acceptors (Lipinski definition) is 19. The summed E-state index contributed by atoms with van der Waals surface area (Å²) in [7, 11) is 0. The molecule has 0 aliphatic carbocycles. The number of aromatic amines is 1. The number of H-pyrrole nitrogens is 1. The van der Waals surface area contributed by atoms with Crippen LogP contribution in [0.5, 0.6) is 0 Å². The summed E-state index contributed by atoms with van der Waals surface area (Å²) in [6, 6.07) is -6.53. The number of nitrogens with one attached hydrogen (secondary N) is 10. The standard InChI is InChI=1S/C48H86N20O11/c49-15-3-1-10-31(41(73)58-19-6-5-17-51)63-43(75)33(13-8-20-59-48(55)56)64-42(74)32(11-2-4-16-50)65-44(76)35(22-29-26-57-28-61-29)66-45(77)36-14-9-21-68(36)47(79)34(12-7-18-52)62-39(72)27-60-46(78)40(37(70)25-54)67-38(71)23-30(69)24-53/h13,26,28,30-32,35-37,40,69-70H,1-12,14-25,27,49-54H2,(H,57,61)(H,58,73)(H,60,78)(H,63,75)(H,64,74)(H,65,76)(H,66,77)(H,67,71)(H4,55,56,59)/b33-13-,62-34+/t30-,31+,32+,35+,36+,37-,40-/m1/s1. The Labute approximate surface area is 459 Å². The highest BCUT2D eigenvalue weighted by atomic mass is 16.3. The summed E-state index contributed by atoms with van der Waals surface area (Å²) in [5.41, 5.74) is 39.0. The molecule has 2 heterocycles. The van der Waals surface area contributed by atoms with E-state index in [1.165, 1.54) is 23.5 Å². The van der Waals surface area contributed by atoms with Crippen LogP contribution in [0.3, 0.4) is 0 Å². The van der Waals surface area contributed by atoms with Crippen molar-refractivity contribution < 1.29 is 53.4 Å². The van der Waals surface area contributed by atoms with Crippen LogP contribution in [0.1, 0.15) is 95.6 Å². The number of nitrogens with two attached hydrogens (primary N) is 7. The molecule has 444 valence electrons. The summed E-state index contributed by atoms with van der Waals surface area (Å²) in [6.45, 7) is 0.0827. The van der Waals surface area contributed by atoms with E-state index < -0.39 is 115 Å². The van der Waals surface area contributed by atoms with Crippen molar-refractivity contribution in [2.24, 2.45) is 45.1 Å². The van der Waals surface area contributed by atoms with Crippen LogP contribution in [-0.2, 0) is 49.6 Å². The third-order valence-corrected chi connectivity index (χ3v) is 12.3. The van der Waals surface area contributed by atoms with Gasteiger partial charge in [-0.05, 0) is 110 Å². The average molecular weight is 1120 g/mol. The number of aliphatic hydroxyl groups is 2. The first-order valence-corrected chi connectivity index (χ1v) is 26.6. The maximum absolute atomic E-state index is 14.4. The van der Waals surface area contributed by atoms with Crippen molar-refractivity contribution in [1.29, 1.82) is 5.41 Å².